The van der Waals surface area contributed by atoms with E-state index in [9.17, 15) is 9.90 Å². The topological polar surface area (TPSA) is 40.5 Å². The number of carbonyl (C=O) groups excluding carboxylic acids is 1. The van der Waals surface area contributed by atoms with Gasteiger partial charge in [0, 0.05) is 24.4 Å². The van der Waals surface area contributed by atoms with E-state index in [2.05, 4.69) is 6.26 Å². The Labute approximate surface area is 112 Å². The van der Waals surface area contributed by atoms with Crippen LogP contribution in [0.2, 0.25) is 0 Å². The van der Waals surface area contributed by atoms with E-state index < -0.39 is 5.60 Å². The molecule has 0 saturated carbocycles. The Morgan fingerprint density at radius 3 is 2.61 bits per heavy atom. The van der Waals surface area contributed by atoms with Crippen LogP contribution in [0.3, 0.4) is 0 Å². The molecule has 0 aromatic heterocycles. The van der Waals surface area contributed by atoms with Gasteiger partial charge < -0.3 is 10.0 Å². The molecule has 0 bridgehead atoms. The molecule has 3 nitrogen and oxygen atoms in total. The number of likely N-dealkylation sites (tertiary alicyclic amines) is 1. The number of thioether (sulfide) groups is 1. The molecule has 1 atom stereocenters. The lowest BCUT2D eigenvalue weighted by Gasteiger charge is -2.19. The van der Waals surface area contributed by atoms with Gasteiger partial charge in [-0.1, -0.05) is 12.1 Å². The third kappa shape index (κ3) is 3.06. The fraction of sp³-hybridized carbons (Fsp3) is 0.500. The summed E-state index contributed by atoms with van der Waals surface area (Å²) in [7, 11) is 0. The number of rotatable bonds is 3. The minimum absolute atomic E-state index is 0.0171. The molecule has 1 aromatic rings. The van der Waals surface area contributed by atoms with Crippen LogP contribution in [0.25, 0.3) is 0 Å². The largest absolute Gasteiger partial charge is 0.388 e. The van der Waals surface area contributed by atoms with E-state index in [-0.39, 0.29) is 5.91 Å². The van der Waals surface area contributed by atoms with Gasteiger partial charge in [0.15, 0.2) is 0 Å². The summed E-state index contributed by atoms with van der Waals surface area (Å²) in [4.78, 5) is 13.9. The Hall–Kier alpha value is -1.00. The fourth-order valence-electron chi connectivity index (χ4n) is 2.21. The molecule has 1 amide bonds. The van der Waals surface area contributed by atoms with E-state index in [1.54, 1.807) is 23.6 Å². The van der Waals surface area contributed by atoms with Gasteiger partial charge in [0.25, 0.3) is 5.91 Å². The van der Waals surface area contributed by atoms with Gasteiger partial charge in [0.2, 0.25) is 0 Å². The summed E-state index contributed by atoms with van der Waals surface area (Å²) < 4.78 is 0. The SMILES string of the molecule is CSCc1ccc(C(=O)N2CCC(C)(O)C2)cc1. The van der Waals surface area contributed by atoms with Crippen molar-refractivity contribution in [1.82, 2.24) is 4.90 Å². The maximum absolute atomic E-state index is 12.2. The standard InChI is InChI=1S/C14H19NO2S/c1-14(17)7-8-15(10-14)13(16)12-5-3-11(4-6-12)9-18-2/h3-6,17H,7-10H2,1-2H3. The highest BCUT2D eigenvalue weighted by atomic mass is 32.2. The molecule has 1 heterocycles. The molecule has 4 heteroatoms. The number of nitrogens with zero attached hydrogens (tertiary/aromatic N) is 1. The van der Waals surface area contributed by atoms with Crippen molar-refractivity contribution in [3.8, 4) is 0 Å². The molecular formula is C14H19NO2S. The number of carbonyl (C=O) groups is 1. The first-order chi connectivity index (χ1) is 8.52. The molecule has 1 unspecified atom stereocenters. The van der Waals surface area contributed by atoms with Crippen molar-refractivity contribution < 1.29 is 9.90 Å². The molecule has 1 saturated heterocycles. The van der Waals surface area contributed by atoms with Gasteiger partial charge in [-0.25, -0.2) is 0 Å². The first kappa shape index (κ1) is 13.4. The molecule has 0 spiro atoms. The van der Waals surface area contributed by atoms with Gasteiger partial charge in [0.1, 0.15) is 0 Å². The van der Waals surface area contributed by atoms with Gasteiger partial charge >= 0.3 is 0 Å². The Balaban J connectivity index is 2.05. The maximum Gasteiger partial charge on any atom is 0.253 e. The smallest absolute Gasteiger partial charge is 0.253 e. The lowest BCUT2D eigenvalue weighted by molar-refractivity contribution is 0.0572. The van der Waals surface area contributed by atoms with Gasteiger partial charge in [-0.05, 0) is 37.3 Å². The predicted octanol–water partition coefficient (Wildman–Crippen LogP) is 2.15. The van der Waals surface area contributed by atoms with Gasteiger partial charge in [0.05, 0.1) is 5.60 Å². The Morgan fingerprint density at radius 1 is 1.44 bits per heavy atom. The first-order valence-electron chi connectivity index (χ1n) is 6.11. The van der Waals surface area contributed by atoms with E-state index in [0.717, 1.165) is 5.75 Å². The van der Waals surface area contributed by atoms with Crippen LogP contribution in [0, 0.1) is 0 Å². The molecule has 1 aliphatic rings. The lowest BCUT2D eigenvalue weighted by atomic mass is 10.1. The summed E-state index contributed by atoms with van der Waals surface area (Å²) in [6.45, 7) is 2.85. The molecule has 18 heavy (non-hydrogen) atoms. The quantitative estimate of drug-likeness (QED) is 0.910. The van der Waals surface area contributed by atoms with Crippen molar-refractivity contribution in [2.75, 3.05) is 19.3 Å². The summed E-state index contributed by atoms with van der Waals surface area (Å²) in [6, 6.07) is 7.75. The normalized spacial score (nSPS) is 23.4. The second-order valence-corrected chi connectivity index (χ2v) is 5.97. The van der Waals surface area contributed by atoms with Crippen molar-refractivity contribution >= 4 is 17.7 Å². The van der Waals surface area contributed by atoms with E-state index in [0.29, 0.717) is 25.1 Å². The number of hydrogen-bond acceptors (Lipinski definition) is 3. The number of amides is 1. The van der Waals surface area contributed by atoms with Crippen molar-refractivity contribution in [3.05, 3.63) is 35.4 Å². The predicted molar refractivity (Wildman–Crippen MR) is 74.8 cm³/mol. The first-order valence-corrected chi connectivity index (χ1v) is 7.51. The number of benzene rings is 1. The van der Waals surface area contributed by atoms with Crippen LogP contribution in [-0.2, 0) is 5.75 Å². The van der Waals surface area contributed by atoms with Gasteiger partial charge in [-0.2, -0.15) is 11.8 Å². The van der Waals surface area contributed by atoms with Crippen LogP contribution >= 0.6 is 11.8 Å². The zero-order valence-electron chi connectivity index (χ0n) is 10.8. The average Bonchev–Trinajstić information content (AvgIpc) is 2.70. The fourth-order valence-corrected chi connectivity index (χ4v) is 2.74. The Kier molecular flexibility index (Phi) is 3.97. The van der Waals surface area contributed by atoms with Crippen molar-refractivity contribution in [2.45, 2.75) is 24.7 Å². The molecule has 1 aliphatic heterocycles. The summed E-state index contributed by atoms with van der Waals surface area (Å²) >= 11 is 1.77. The molecular weight excluding hydrogens is 246 g/mol. The van der Waals surface area contributed by atoms with E-state index in [4.69, 9.17) is 0 Å². The second-order valence-electron chi connectivity index (χ2n) is 5.10. The maximum atomic E-state index is 12.2. The van der Waals surface area contributed by atoms with Crippen LogP contribution in [0.15, 0.2) is 24.3 Å². The molecule has 0 aliphatic carbocycles. The minimum atomic E-state index is -0.728. The number of hydrogen-bond donors (Lipinski definition) is 1. The molecule has 0 radical (unpaired) electrons. The third-order valence-electron chi connectivity index (χ3n) is 3.25. The third-order valence-corrected chi connectivity index (χ3v) is 3.87. The van der Waals surface area contributed by atoms with Crippen molar-refractivity contribution in [2.24, 2.45) is 0 Å². The molecule has 1 fully saturated rings. The van der Waals surface area contributed by atoms with Crippen LogP contribution in [-0.4, -0.2) is 40.9 Å². The highest BCUT2D eigenvalue weighted by molar-refractivity contribution is 7.97. The van der Waals surface area contributed by atoms with Crippen LogP contribution in [0.4, 0.5) is 0 Å². The van der Waals surface area contributed by atoms with E-state index in [1.807, 2.05) is 24.3 Å². The number of aliphatic hydroxyl groups is 1. The van der Waals surface area contributed by atoms with Gasteiger partial charge in [-0.3, -0.25) is 4.79 Å². The van der Waals surface area contributed by atoms with Crippen LogP contribution in [0.1, 0.15) is 29.3 Å². The summed E-state index contributed by atoms with van der Waals surface area (Å²) in [5.41, 5.74) is 1.21. The molecule has 2 rings (SSSR count). The Morgan fingerprint density at radius 2 is 2.11 bits per heavy atom. The van der Waals surface area contributed by atoms with Crippen molar-refractivity contribution in [3.63, 3.8) is 0 Å². The summed E-state index contributed by atoms with van der Waals surface area (Å²) in [6.07, 6.45) is 2.72. The highest BCUT2D eigenvalue weighted by Crippen LogP contribution is 2.22. The van der Waals surface area contributed by atoms with Crippen molar-refractivity contribution in [1.29, 1.82) is 0 Å². The highest BCUT2D eigenvalue weighted by Gasteiger charge is 2.34. The second kappa shape index (κ2) is 5.33. The minimum Gasteiger partial charge on any atom is -0.388 e. The number of β-amino-alcohol motifs (C(OH)–C–C–N with tert-alkyl or cyclic N) is 1. The van der Waals surface area contributed by atoms with E-state index in [1.165, 1.54) is 5.56 Å². The van der Waals surface area contributed by atoms with Crippen LogP contribution < -0.4 is 0 Å². The average molecular weight is 265 g/mol. The Bertz CT molecular complexity index is 428. The van der Waals surface area contributed by atoms with Gasteiger partial charge in [-0.15, -0.1) is 0 Å². The van der Waals surface area contributed by atoms with Crippen LogP contribution in [0.5, 0.6) is 0 Å². The zero-order valence-corrected chi connectivity index (χ0v) is 11.7. The zero-order chi connectivity index (χ0) is 13.2. The molecule has 1 aromatic carbocycles. The molecule has 1 N–H and O–H groups in total. The lowest BCUT2D eigenvalue weighted by Crippen LogP contribution is -2.33. The molecule has 98 valence electrons. The monoisotopic (exact) mass is 265 g/mol. The van der Waals surface area contributed by atoms with E-state index >= 15 is 0 Å². The summed E-state index contributed by atoms with van der Waals surface area (Å²) in [5.74, 6) is 0.982. The summed E-state index contributed by atoms with van der Waals surface area (Å²) in [5, 5.41) is 9.88.